The van der Waals surface area contributed by atoms with Gasteiger partial charge >= 0.3 is 0 Å². The van der Waals surface area contributed by atoms with Gasteiger partial charge < -0.3 is 9.73 Å². The Kier molecular flexibility index (Phi) is 5.06. The van der Waals surface area contributed by atoms with Gasteiger partial charge in [-0.05, 0) is 30.4 Å². The molecule has 0 saturated carbocycles. The van der Waals surface area contributed by atoms with Crippen LogP contribution in [0.1, 0.15) is 39.9 Å². The van der Waals surface area contributed by atoms with Gasteiger partial charge in [0, 0.05) is 25.2 Å². The van der Waals surface area contributed by atoms with Gasteiger partial charge in [-0.25, -0.2) is 0 Å². The molecule has 0 bridgehead atoms. The van der Waals surface area contributed by atoms with Crippen LogP contribution in [0.15, 0.2) is 22.8 Å². The molecule has 108 valence electrons. The summed E-state index contributed by atoms with van der Waals surface area (Å²) >= 11 is 0. The van der Waals surface area contributed by atoms with Crippen LogP contribution in [0.25, 0.3) is 0 Å². The summed E-state index contributed by atoms with van der Waals surface area (Å²) in [6, 6.07) is 5.28. The zero-order valence-corrected chi connectivity index (χ0v) is 12.7. The van der Waals surface area contributed by atoms with Crippen molar-refractivity contribution in [3.63, 3.8) is 0 Å². The first-order chi connectivity index (χ1) is 9.06. The normalized spacial score (nSPS) is 25.4. The molecule has 1 fully saturated rings. The van der Waals surface area contributed by atoms with Crippen molar-refractivity contribution in [2.75, 3.05) is 13.1 Å². The van der Waals surface area contributed by atoms with Gasteiger partial charge in [0.2, 0.25) is 0 Å². The summed E-state index contributed by atoms with van der Waals surface area (Å²) in [6.07, 6.45) is 3.02. The molecule has 3 heteroatoms. The lowest BCUT2D eigenvalue weighted by Crippen LogP contribution is -2.58. The second kappa shape index (κ2) is 6.58. The monoisotopic (exact) mass is 264 g/mol. The summed E-state index contributed by atoms with van der Waals surface area (Å²) < 4.78 is 5.52. The van der Waals surface area contributed by atoms with E-state index in [-0.39, 0.29) is 0 Å². The smallest absolute Gasteiger partial charge is 0.117 e. The van der Waals surface area contributed by atoms with Crippen LogP contribution in [0.4, 0.5) is 0 Å². The topological polar surface area (TPSA) is 28.4 Å². The van der Waals surface area contributed by atoms with Gasteiger partial charge in [-0.15, -0.1) is 0 Å². The number of nitrogens with one attached hydrogen (secondary N) is 1. The van der Waals surface area contributed by atoms with Crippen LogP contribution in [0.3, 0.4) is 0 Å². The van der Waals surface area contributed by atoms with Crippen LogP contribution in [-0.2, 0) is 6.54 Å². The Morgan fingerprint density at radius 1 is 1.37 bits per heavy atom. The van der Waals surface area contributed by atoms with Crippen LogP contribution < -0.4 is 5.32 Å². The van der Waals surface area contributed by atoms with Gasteiger partial charge in [-0.3, -0.25) is 4.90 Å². The van der Waals surface area contributed by atoms with Crippen LogP contribution in [-0.4, -0.2) is 30.1 Å². The minimum absolute atomic E-state index is 0.605. The van der Waals surface area contributed by atoms with Crippen molar-refractivity contribution in [1.29, 1.82) is 0 Å². The lowest BCUT2D eigenvalue weighted by atomic mass is 9.95. The molecule has 0 amide bonds. The van der Waals surface area contributed by atoms with E-state index in [4.69, 9.17) is 4.42 Å². The number of hydrogen-bond acceptors (Lipinski definition) is 3. The van der Waals surface area contributed by atoms with E-state index in [9.17, 15) is 0 Å². The first-order valence-corrected chi connectivity index (χ1v) is 7.56. The number of rotatable bonds is 5. The standard InChI is InChI=1S/C16H28N2O/c1-12(2)8-14-10-18(11-15-6-5-7-19-15)16(9-17-14)13(3)4/h5-7,12-14,16-17H,8-11H2,1-4H3. The van der Waals surface area contributed by atoms with E-state index in [0.29, 0.717) is 18.0 Å². The van der Waals surface area contributed by atoms with E-state index < -0.39 is 0 Å². The molecule has 1 aromatic heterocycles. The van der Waals surface area contributed by atoms with Gasteiger partial charge in [0.05, 0.1) is 12.8 Å². The van der Waals surface area contributed by atoms with Crippen molar-refractivity contribution < 1.29 is 4.42 Å². The highest BCUT2D eigenvalue weighted by molar-refractivity contribution is 5.00. The highest BCUT2D eigenvalue weighted by Gasteiger charge is 2.30. The third kappa shape index (κ3) is 4.08. The van der Waals surface area contributed by atoms with Crippen LogP contribution >= 0.6 is 0 Å². The zero-order valence-electron chi connectivity index (χ0n) is 12.7. The lowest BCUT2D eigenvalue weighted by Gasteiger charge is -2.42. The van der Waals surface area contributed by atoms with Crippen LogP contribution in [0, 0.1) is 11.8 Å². The number of furan rings is 1. The van der Waals surface area contributed by atoms with Gasteiger partial charge in [0.15, 0.2) is 0 Å². The maximum absolute atomic E-state index is 5.52. The van der Waals surface area contributed by atoms with Crippen molar-refractivity contribution in [1.82, 2.24) is 10.2 Å². The van der Waals surface area contributed by atoms with Crippen LogP contribution in [0.2, 0.25) is 0 Å². The average Bonchev–Trinajstić information content (AvgIpc) is 2.80. The quantitative estimate of drug-likeness (QED) is 0.885. The highest BCUT2D eigenvalue weighted by Crippen LogP contribution is 2.20. The van der Waals surface area contributed by atoms with Crippen molar-refractivity contribution in [3.8, 4) is 0 Å². The van der Waals surface area contributed by atoms with Crippen molar-refractivity contribution >= 4 is 0 Å². The van der Waals surface area contributed by atoms with E-state index in [0.717, 1.165) is 31.3 Å². The first kappa shape index (κ1) is 14.6. The molecule has 0 aliphatic carbocycles. The molecule has 2 heterocycles. The maximum Gasteiger partial charge on any atom is 0.117 e. The third-order valence-electron chi connectivity index (χ3n) is 4.00. The largest absolute Gasteiger partial charge is 0.468 e. The molecule has 1 aliphatic rings. The fraction of sp³-hybridized carbons (Fsp3) is 0.750. The van der Waals surface area contributed by atoms with Crippen LogP contribution in [0.5, 0.6) is 0 Å². The zero-order chi connectivity index (χ0) is 13.8. The summed E-state index contributed by atoms with van der Waals surface area (Å²) in [6.45, 7) is 12.4. The maximum atomic E-state index is 5.52. The molecular weight excluding hydrogens is 236 g/mol. The molecule has 0 aromatic carbocycles. The Morgan fingerprint density at radius 2 is 2.16 bits per heavy atom. The first-order valence-electron chi connectivity index (χ1n) is 7.56. The van der Waals surface area contributed by atoms with Gasteiger partial charge in [0.1, 0.15) is 5.76 Å². The fourth-order valence-electron chi connectivity index (χ4n) is 3.07. The van der Waals surface area contributed by atoms with E-state index in [1.807, 2.05) is 6.07 Å². The predicted octanol–water partition coefficient (Wildman–Crippen LogP) is 3.12. The van der Waals surface area contributed by atoms with Crippen molar-refractivity contribution in [2.45, 2.75) is 52.7 Å². The highest BCUT2D eigenvalue weighted by atomic mass is 16.3. The van der Waals surface area contributed by atoms with Crippen molar-refractivity contribution in [3.05, 3.63) is 24.2 Å². The molecular formula is C16H28N2O. The van der Waals surface area contributed by atoms with E-state index >= 15 is 0 Å². The molecule has 0 radical (unpaired) electrons. The summed E-state index contributed by atoms with van der Waals surface area (Å²) in [5, 5.41) is 3.72. The Balaban J connectivity index is 2.00. The van der Waals surface area contributed by atoms with Gasteiger partial charge in [-0.1, -0.05) is 27.7 Å². The Morgan fingerprint density at radius 3 is 2.74 bits per heavy atom. The minimum atomic E-state index is 0.605. The van der Waals surface area contributed by atoms with Gasteiger partial charge in [-0.2, -0.15) is 0 Å². The molecule has 1 aromatic rings. The van der Waals surface area contributed by atoms with Gasteiger partial charge in [0.25, 0.3) is 0 Å². The summed E-state index contributed by atoms with van der Waals surface area (Å²) in [4.78, 5) is 2.59. The molecule has 1 N–H and O–H groups in total. The molecule has 2 unspecified atom stereocenters. The Bertz CT molecular complexity index is 359. The number of nitrogens with zero attached hydrogens (tertiary/aromatic N) is 1. The molecule has 19 heavy (non-hydrogen) atoms. The molecule has 2 rings (SSSR count). The minimum Gasteiger partial charge on any atom is -0.468 e. The summed E-state index contributed by atoms with van der Waals surface area (Å²) in [7, 11) is 0. The predicted molar refractivity (Wildman–Crippen MR) is 79.0 cm³/mol. The number of hydrogen-bond donors (Lipinski definition) is 1. The van der Waals surface area contributed by atoms with E-state index in [1.54, 1.807) is 6.26 Å². The molecule has 0 spiro atoms. The molecule has 3 nitrogen and oxygen atoms in total. The fourth-order valence-corrected chi connectivity index (χ4v) is 3.07. The number of piperazine rings is 1. The Hall–Kier alpha value is -0.800. The average molecular weight is 264 g/mol. The molecule has 2 atom stereocenters. The lowest BCUT2D eigenvalue weighted by molar-refractivity contribution is 0.0786. The molecule has 1 aliphatic heterocycles. The SMILES string of the molecule is CC(C)CC1CN(Cc2ccco2)C(C(C)C)CN1. The second-order valence-electron chi connectivity index (χ2n) is 6.55. The second-order valence-corrected chi connectivity index (χ2v) is 6.55. The Labute approximate surface area is 117 Å². The van der Waals surface area contributed by atoms with Crippen molar-refractivity contribution in [2.24, 2.45) is 11.8 Å². The van der Waals surface area contributed by atoms with E-state index in [1.165, 1.54) is 6.42 Å². The summed E-state index contributed by atoms with van der Waals surface area (Å²) in [5.41, 5.74) is 0. The summed E-state index contributed by atoms with van der Waals surface area (Å²) in [5.74, 6) is 2.50. The van der Waals surface area contributed by atoms with E-state index in [2.05, 4.69) is 44.0 Å². The third-order valence-corrected chi connectivity index (χ3v) is 4.00. The molecule has 1 saturated heterocycles.